The van der Waals surface area contributed by atoms with Gasteiger partial charge in [0, 0.05) is 0 Å². The molecule has 0 bridgehead atoms. The van der Waals surface area contributed by atoms with Crippen LogP contribution in [-0.4, -0.2) is 35.5 Å². The summed E-state index contributed by atoms with van der Waals surface area (Å²) in [5.41, 5.74) is 7.27. The normalized spacial score (nSPS) is 17.4. The number of unbranched alkanes of at least 4 members (excludes halogenated alkanes) is 1. The molecule has 0 fully saturated rings. The summed E-state index contributed by atoms with van der Waals surface area (Å²) >= 11 is 0. The van der Waals surface area contributed by atoms with Crippen molar-refractivity contribution in [2.24, 2.45) is 0 Å². The lowest BCUT2D eigenvalue weighted by molar-refractivity contribution is -0.119. The lowest BCUT2D eigenvalue weighted by Gasteiger charge is -2.23. The molecule has 0 saturated heterocycles. The molecule has 3 aromatic heterocycles. The van der Waals surface area contributed by atoms with E-state index < -0.39 is 23.0 Å². The summed E-state index contributed by atoms with van der Waals surface area (Å²) in [6.45, 7) is 3.66. The van der Waals surface area contributed by atoms with E-state index in [2.05, 4.69) is 37.3 Å². The second-order valence-corrected chi connectivity index (χ2v) is 8.07. The summed E-state index contributed by atoms with van der Waals surface area (Å²) < 4.78 is 29.0. The van der Waals surface area contributed by atoms with E-state index in [9.17, 15) is 13.6 Å². The molecule has 1 aliphatic rings. The zero-order valence-electron chi connectivity index (χ0n) is 17.9. The van der Waals surface area contributed by atoms with Gasteiger partial charge in [0.05, 0.1) is 17.5 Å². The van der Waals surface area contributed by atoms with Crippen LogP contribution >= 0.6 is 0 Å². The van der Waals surface area contributed by atoms with Gasteiger partial charge in [-0.15, -0.1) is 0 Å². The number of carbonyl (C=O) groups excluding carboxylic acids is 1. The van der Waals surface area contributed by atoms with Crippen molar-refractivity contribution in [3.05, 3.63) is 59.2 Å². The fourth-order valence-corrected chi connectivity index (χ4v) is 4.12. The third-order valence-electron chi connectivity index (χ3n) is 5.95. The quantitative estimate of drug-likeness (QED) is 0.479. The van der Waals surface area contributed by atoms with E-state index in [0.717, 1.165) is 30.7 Å². The molecule has 1 amide bonds. The van der Waals surface area contributed by atoms with E-state index in [0.29, 0.717) is 23.3 Å². The SMILES string of the molecule is CCCCc1nc(-c2nc(N)c3c(n2)NC(=O)C3(C)c2ccc(F)c(F)c2)cn2ncnc12. The number of carbonyl (C=O) groups is 1. The van der Waals surface area contributed by atoms with E-state index in [1.807, 2.05) is 0 Å². The van der Waals surface area contributed by atoms with Crippen molar-refractivity contribution in [1.82, 2.24) is 29.5 Å². The Morgan fingerprint density at radius 3 is 2.76 bits per heavy atom. The molecule has 3 N–H and O–H groups in total. The molecule has 0 radical (unpaired) electrons. The molecule has 1 atom stereocenters. The molecular formula is C22H20F2N8O. The highest BCUT2D eigenvalue weighted by Gasteiger charge is 2.48. The predicted molar refractivity (Wildman–Crippen MR) is 116 cm³/mol. The van der Waals surface area contributed by atoms with Gasteiger partial charge in [-0.1, -0.05) is 19.4 Å². The van der Waals surface area contributed by atoms with Crippen LogP contribution in [0, 0.1) is 11.6 Å². The first-order valence-electron chi connectivity index (χ1n) is 10.5. The topological polar surface area (TPSA) is 124 Å². The summed E-state index contributed by atoms with van der Waals surface area (Å²) in [5.74, 6) is -2.09. The van der Waals surface area contributed by atoms with E-state index in [4.69, 9.17) is 5.73 Å². The molecule has 4 heterocycles. The molecule has 0 saturated carbocycles. The Bertz CT molecular complexity index is 1420. The molecule has 1 unspecified atom stereocenters. The molecule has 9 nitrogen and oxygen atoms in total. The van der Waals surface area contributed by atoms with Crippen molar-refractivity contribution in [1.29, 1.82) is 0 Å². The number of hydrogen-bond acceptors (Lipinski definition) is 7. The number of amides is 1. The molecule has 33 heavy (non-hydrogen) atoms. The third kappa shape index (κ3) is 3.19. The molecule has 1 aromatic carbocycles. The van der Waals surface area contributed by atoms with Gasteiger partial charge in [0.25, 0.3) is 0 Å². The van der Waals surface area contributed by atoms with Gasteiger partial charge in [-0.05, 0) is 37.5 Å². The minimum Gasteiger partial charge on any atom is -0.383 e. The number of nitrogens with two attached hydrogens (primary N) is 1. The number of rotatable bonds is 5. The average Bonchev–Trinajstić information content (AvgIpc) is 3.37. The first kappa shape index (κ1) is 20.9. The zero-order chi connectivity index (χ0) is 23.3. The Labute approximate surface area is 187 Å². The number of nitrogens with one attached hydrogen (secondary N) is 1. The van der Waals surface area contributed by atoms with Crippen LogP contribution in [0.25, 0.3) is 17.2 Å². The van der Waals surface area contributed by atoms with Gasteiger partial charge in [0.15, 0.2) is 23.1 Å². The van der Waals surface area contributed by atoms with Crippen LogP contribution < -0.4 is 11.1 Å². The lowest BCUT2D eigenvalue weighted by atomic mass is 9.77. The van der Waals surface area contributed by atoms with Gasteiger partial charge >= 0.3 is 0 Å². The zero-order valence-corrected chi connectivity index (χ0v) is 17.9. The second-order valence-electron chi connectivity index (χ2n) is 8.07. The third-order valence-corrected chi connectivity index (χ3v) is 5.95. The van der Waals surface area contributed by atoms with E-state index in [1.54, 1.807) is 17.6 Å². The number of fused-ring (bicyclic) bond motifs is 2. The Morgan fingerprint density at radius 1 is 1.18 bits per heavy atom. The van der Waals surface area contributed by atoms with Gasteiger partial charge in [-0.25, -0.2) is 33.2 Å². The van der Waals surface area contributed by atoms with E-state index in [-0.39, 0.29) is 23.0 Å². The van der Waals surface area contributed by atoms with Crippen molar-refractivity contribution >= 4 is 23.2 Å². The van der Waals surface area contributed by atoms with Gasteiger partial charge in [0.1, 0.15) is 29.1 Å². The summed E-state index contributed by atoms with van der Waals surface area (Å²) in [4.78, 5) is 30.8. The lowest BCUT2D eigenvalue weighted by Crippen LogP contribution is -2.33. The van der Waals surface area contributed by atoms with Crippen molar-refractivity contribution in [2.45, 2.75) is 38.5 Å². The van der Waals surface area contributed by atoms with Gasteiger partial charge < -0.3 is 11.1 Å². The minimum absolute atomic E-state index is 0.0381. The highest BCUT2D eigenvalue weighted by molar-refractivity contribution is 6.09. The Kier molecular flexibility index (Phi) is 4.76. The van der Waals surface area contributed by atoms with E-state index >= 15 is 0 Å². The van der Waals surface area contributed by atoms with E-state index in [1.165, 1.54) is 12.4 Å². The first-order valence-corrected chi connectivity index (χ1v) is 10.5. The largest absolute Gasteiger partial charge is 0.383 e. The number of anilines is 2. The molecule has 4 aromatic rings. The fraction of sp³-hybridized carbons (Fsp3) is 0.273. The van der Waals surface area contributed by atoms with Crippen LogP contribution in [0.5, 0.6) is 0 Å². The second kappa shape index (κ2) is 7.54. The van der Waals surface area contributed by atoms with Crippen molar-refractivity contribution in [3.8, 4) is 11.5 Å². The fourth-order valence-electron chi connectivity index (χ4n) is 4.12. The predicted octanol–water partition coefficient (Wildman–Crippen LogP) is 3.04. The molecular weight excluding hydrogens is 430 g/mol. The Balaban J connectivity index is 1.64. The highest BCUT2D eigenvalue weighted by Crippen LogP contribution is 2.45. The molecule has 11 heteroatoms. The van der Waals surface area contributed by atoms with Gasteiger partial charge in [-0.3, -0.25) is 4.79 Å². The van der Waals surface area contributed by atoms with Crippen molar-refractivity contribution in [3.63, 3.8) is 0 Å². The van der Waals surface area contributed by atoms with Crippen LogP contribution in [0.15, 0.2) is 30.7 Å². The smallest absolute Gasteiger partial charge is 0.240 e. The average molecular weight is 450 g/mol. The summed E-state index contributed by atoms with van der Waals surface area (Å²) in [7, 11) is 0. The number of aromatic nitrogens is 6. The number of halogens is 2. The van der Waals surface area contributed by atoms with Gasteiger partial charge in [-0.2, -0.15) is 5.10 Å². The van der Waals surface area contributed by atoms with Crippen LogP contribution in [0.4, 0.5) is 20.4 Å². The summed E-state index contributed by atoms with van der Waals surface area (Å²) in [6.07, 6.45) is 5.71. The first-order chi connectivity index (χ1) is 15.8. The molecule has 0 aliphatic carbocycles. The monoisotopic (exact) mass is 450 g/mol. The number of benzene rings is 1. The highest BCUT2D eigenvalue weighted by atomic mass is 19.2. The Morgan fingerprint density at radius 2 is 2.00 bits per heavy atom. The molecule has 0 spiro atoms. The standard InChI is InChI=1S/C22H20F2N8O/c1-3-4-5-14-20-26-10-27-32(20)9-15(28-14)18-29-17(25)16-19(30-18)31-21(33)22(16,2)11-6-7-12(23)13(24)8-11/h6-10H,3-5H2,1-2H3,(H3,25,29,30,31,33). The van der Waals surface area contributed by atoms with Crippen LogP contribution in [0.2, 0.25) is 0 Å². The van der Waals surface area contributed by atoms with Crippen LogP contribution in [0.3, 0.4) is 0 Å². The number of nitrogen functional groups attached to an aromatic ring is 1. The minimum atomic E-state index is -1.39. The number of hydrogen-bond donors (Lipinski definition) is 2. The maximum atomic E-state index is 13.9. The van der Waals surface area contributed by atoms with Crippen molar-refractivity contribution in [2.75, 3.05) is 11.1 Å². The maximum absolute atomic E-state index is 13.9. The molecule has 168 valence electrons. The van der Waals surface area contributed by atoms with Crippen LogP contribution in [-0.2, 0) is 16.6 Å². The number of nitrogens with zero attached hydrogens (tertiary/aromatic N) is 6. The summed E-state index contributed by atoms with van der Waals surface area (Å²) in [5, 5.41) is 6.91. The summed E-state index contributed by atoms with van der Waals surface area (Å²) in [6, 6.07) is 3.31. The Hall–Kier alpha value is -4.02. The molecule has 5 rings (SSSR count). The van der Waals surface area contributed by atoms with Crippen molar-refractivity contribution < 1.29 is 13.6 Å². The van der Waals surface area contributed by atoms with Crippen LogP contribution in [0.1, 0.15) is 43.5 Å². The maximum Gasteiger partial charge on any atom is 0.240 e. The van der Waals surface area contributed by atoms with Gasteiger partial charge in [0.2, 0.25) is 5.91 Å². The molecule has 1 aliphatic heterocycles. The number of aryl methyl sites for hydroxylation is 1.